The molecule has 4 nitrogen and oxygen atoms in total. The predicted molar refractivity (Wildman–Crippen MR) is 87.2 cm³/mol. The summed E-state index contributed by atoms with van der Waals surface area (Å²) in [6.45, 7) is 2.37. The Morgan fingerprint density at radius 3 is 3.00 bits per heavy atom. The number of hydrogen-bond acceptors (Lipinski definition) is 3. The minimum Gasteiger partial charge on any atom is -0.484 e. The normalized spacial score (nSPS) is 18.0. The van der Waals surface area contributed by atoms with Crippen molar-refractivity contribution in [3.63, 3.8) is 0 Å². The van der Waals surface area contributed by atoms with Gasteiger partial charge in [0.2, 0.25) is 0 Å². The zero-order valence-corrected chi connectivity index (χ0v) is 13.5. The fraction of sp³-hybridized carbons (Fsp3) is 0.533. The Morgan fingerprint density at radius 1 is 1.48 bits per heavy atom. The van der Waals surface area contributed by atoms with Crippen molar-refractivity contribution in [2.24, 2.45) is 11.7 Å². The molecule has 118 valence electrons. The van der Waals surface area contributed by atoms with Crippen molar-refractivity contribution in [3.8, 4) is 5.75 Å². The zero-order valence-electron chi connectivity index (χ0n) is 12.0. The number of hydrogen-bond donors (Lipinski definition) is 1. The maximum absolute atomic E-state index is 12.1. The van der Waals surface area contributed by atoms with E-state index in [0.717, 1.165) is 32.4 Å². The van der Waals surface area contributed by atoms with Gasteiger partial charge in [-0.15, -0.1) is 12.4 Å². The van der Waals surface area contributed by atoms with Crippen LogP contribution in [0.25, 0.3) is 0 Å². The summed E-state index contributed by atoms with van der Waals surface area (Å²) < 4.78 is 5.50. The van der Waals surface area contributed by atoms with Crippen LogP contribution in [0.15, 0.2) is 24.3 Å². The number of likely N-dealkylation sites (tertiary alicyclic amines) is 1. The monoisotopic (exact) mass is 332 g/mol. The number of carbonyl (C=O) groups excluding carboxylic acids is 1. The lowest BCUT2D eigenvalue weighted by Crippen LogP contribution is -2.42. The molecule has 0 bridgehead atoms. The van der Waals surface area contributed by atoms with Crippen molar-refractivity contribution in [1.82, 2.24) is 4.90 Å². The molecule has 0 spiro atoms. The quantitative estimate of drug-likeness (QED) is 0.901. The third-order valence-electron chi connectivity index (χ3n) is 3.61. The van der Waals surface area contributed by atoms with Crippen LogP contribution in [0.1, 0.15) is 19.3 Å². The van der Waals surface area contributed by atoms with Crippen LogP contribution in [-0.2, 0) is 4.79 Å². The van der Waals surface area contributed by atoms with Crippen LogP contribution in [0.2, 0.25) is 5.02 Å². The molecule has 1 amide bonds. The van der Waals surface area contributed by atoms with Crippen molar-refractivity contribution in [2.75, 3.05) is 26.2 Å². The maximum atomic E-state index is 12.1. The number of carbonyl (C=O) groups is 1. The molecule has 1 aliphatic heterocycles. The third-order valence-corrected chi connectivity index (χ3v) is 3.84. The minimum atomic E-state index is 0. The van der Waals surface area contributed by atoms with Gasteiger partial charge in [0, 0.05) is 18.1 Å². The van der Waals surface area contributed by atoms with Crippen LogP contribution in [0, 0.1) is 5.92 Å². The summed E-state index contributed by atoms with van der Waals surface area (Å²) in [4.78, 5) is 14.0. The molecule has 1 aliphatic rings. The Kier molecular flexibility index (Phi) is 7.86. The highest BCUT2D eigenvalue weighted by atomic mass is 35.5. The van der Waals surface area contributed by atoms with Crippen LogP contribution in [-0.4, -0.2) is 37.0 Å². The Balaban J connectivity index is 0.00000220. The fourth-order valence-electron chi connectivity index (χ4n) is 2.56. The Morgan fingerprint density at radius 2 is 2.29 bits per heavy atom. The van der Waals surface area contributed by atoms with E-state index >= 15 is 0 Å². The van der Waals surface area contributed by atoms with Crippen molar-refractivity contribution in [2.45, 2.75) is 19.3 Å². The van der Waals surface area contributed by atoms with Crippen LogP contribution < -0.4 is 10.5 Å². The average Bonchev–Trinajstić information content (AvgIpc) is 2.45. The third kappa shape index (κ3) is 5.73. The lowest BCUT2D eigenvalue weighted by molar-refractivity contribution is -0.135. The van der Waals surface area contributed by atoms with Crippen LogP contribution in [0.4, 0.5) is 0 Å². The molecule has 0 aromatic heterocycles. The van der Waals surface area contributed by atoms with Crippen molar-refractivity contribution in [1.29, 1.82) is 0 Å². The van der Waals surface area contributed by atoms with Gasteiger partial charge >= 0.3 is 0 Å². The summed E-state index contributed by atoms with van der Waals surface area (Å²) in [5.74, 6) is 1.19. The summed E-state index contributed by atoms with van der Waals surface area (Å²) >= 11 is 5.88. The lowest BCUT2D eigenvalue weighted by Gasteiger charge is -2.32. The second kappa shape index (κ2) is 9.13. The van der Waals surface area contributed by atoms with E-state index < -0.39 is 0 Å². The molecule has 6 heteroatoms. The van der Waals surface area contributed by atoms with E-state index in [2.05, 4.69) is 0 Å². The topological polar surface area (TPSA) is 55.6 Å². The van der Waals surface area contributed by atoms with Gasteiger partial charge < -0.3 is 15.4 Å². The number of nitrogens with zero attached hydrogens (tertiary/aromatic N) is 1. The van der Waals surface area contributed by atoms with Crippen LogP contribution >= 0.6 is 24.0 Å². The van der Waals surface area contributed by atoms with E-state index in [4.69, 9.17) is 22.1 Å². The van der Waals surface area contributed by atoms with Gasteiger partial charge in [-0.3, -0.25) is 4.79 Å². The molecular weight excluding hydrogens is 311 g/mol. The maximum Gasteiger partial charge on any atom is 0.260 e. The molecule has 1 aromatic carbocycles. The summed E-state index contributed by atoms with van der Waals surface area (Å²) in [5.41, 5.74) is 5.59. The number of piperidine rings is 1. The molecule has 0 radical (unpaired) electrons. The van der Waals surface area contributed by atoms with Crippen molar-refractivity contribution < 1.29 is 9.53 Å². The molecular formula is C15H22Cl2N2O2. The molecule has 0 saturated carbocycles. The van der Waals surface area contributed by atoms with Gasteiger partial charge in [-0.25, -0.2) is 0 Å². The zero-order chi connectivity index (χ0) is 14.4. The average molecular weight is 333 g/mol. The second-order valence-corrected chi connectivity index (χ2v) is 5.61. The van der Waals surface area contributed by atoms with E-state index in [0.29, 0.717) is 23.2 Å². The predicted octanol–water partition coefficient (Wildman–Crippen LogP) is 2.73. The number of ether oxygens (including phenoxy) is 1. The highest BCUT2D eigenvalue weighted by Gasteiger charge is 2.23. The summed E-state index contributed by atoms with van der Waals surface area (Å²) in [5, 5.41) is 0.607. The Bertz CT molecular complexity index is 455. The van der Waals surface area contributed by atoms with Gasteiger partial charge in [0.15, 0.2) is 6.61 Å². The van der Waals surface area contributed by atoms with E-state index in [1.54, 1.807) is 24.3 Å². The molecule has 1 atom stereocenters. The fourth-order valence-corrected chi connectivity index (χ4v) is 2.74. The van der Waals surface area contributed by atoms with E-state index in [1.807, 2.05) is 4.90 Å². The van der Waals surface area contributed by atoms with Crippen molar-refractivity contribution in [3.05, 3.63) is 29.3 Å². The number of benzene rings is 1. The second-order valence-electron chi connectivity index (χ2n) is 5.17. The summed E-state index contributed by atoms with van der Waals surface area (Å²) in [6, 6.07) is 7.09. The number of halogens is 2. The van der Waals surface area contributed by atoms with Gasteiger partial charge in [-0.05, 0) is 49.9 Å². The first-order valence-electron chi connectivity index (χ1n) is 7.05. The Hall–Kier alpha value is -0.970. The molecule has 1 aromatic rings. The molecule has 2 rings (SSSR count). The molecule has 1 unspecified atom stereocenters. The van der Waals surface area contributed by atoms with Crippen LogP contribution in [0.5, 0.6) is 5.75 Å². The lowest BCUT2D eigenvalue weighted by atomic mass is 9.95. The molecule has 21 heavy (non-hydrogen) atoms. The highest BCUT2D eigenvalue weighted by molar-refractivity contribution is 6.30. The first kappa shape index (κ1) is 18.1. The van der Waals surface area contributed by atoms with E-state index in [1.165, 1.54) is 0 Å². The first-order valence-corrected chi connectivity index (χ1v) is 7.43. The molecule has 0 aliphatic carbocycles. The van der Waals surface area contributed by atoms with Gasteiger partial charge in [-0.2, -0.15) is 0 Å². The number of nitrogens with two attached hydrogens (primary N) is 1. The van der Waals surface area contributed by atoms with Gasteiger partial charge in [0.1, 0.15) is 5.75 Å². The first-order chi connectivity index (χ1) is 9.69. The summed E-state index contributed by atoms with van der Waals surface area (Å²) in [7, 11) is 0. The largest absolute Gasteiger partial charge is 0.484 e. The molecule has 1 heterocycles. The molecule has 2 N–H and O–H groups in total. The van der Waals surface area contributed by atoms with E-state index in [-0.39, 0.29) is 24.9 Å². The number of amides is 1. The van der Waals surface area contributed by atoms with Gasteiger partial charge in [0.25, 0.3) is 5.91 Å². The minimum absolute atomic E-state index is 0. The standard InChI is InChI=1S/C15H21ClN2O2.ClH/c16-13-4-1-5-14(9-13)20-11-15(19)18-8-2-3-12(10-18)6-7-17;/h1,4-5,9,12H,2-3,6-8,10-11,17H2;1H. The van der Waals surface area contributed by atoms with Crippen molar-refractivity contribution >= 4 is 29.9 Å². The highest BCUT2D eigenvalue weighted by Crippen LogP contribution is 2.20. The Labute approximate surface area is 137 Å². The smallest absolute Gasteiger partial charge is 0.260 e. The van der Waals surface area contributed by atoms with Crippen LogP contribution in [0.3, 0.4) is 0 Å². The summed E-state index contributed by atoms with van der Waals surface area (Å²) in [6.07, 6.45) is 3.20. The van der Waals surface area contributed by atoms with Gasteiger partial charge in [-0.1, -0.05) is 17.7 Å². The number of rotatable bonds is 5. The SMILES string of the molecule is Cl.NCCC1CCCN(C(=O)COc2cccc(Cl)c2)C1. The molecule has 1 fully saturated rings. The van der Waals surface area contributed by atoms with E-state index in [9.17, 15) is 4.79 Å². The molecule has 1 saturated heterocycles. The van der Waals surface area contributed by atoms with Gasteiger partial charge in [0.05, 0.1) is 0 Å².